The van der Waals surface area contributed by atoms with E-state index in [9.17, 15) is 18.0 Å². The second-order valence-corrected chi connectivity index (χ2v) is 5.80. The Hall–Kier alpha value is -0.820. The minimum absolute atomic E-state index is 0.0260. The number of hydrogen-bond acceptors (Lipinski definition) is 3. The Morgan fingerprint density at radius 2 is 2.00 bits per heavy atom. The first-order valence-corrected chi connectivity index (χ1v) is 6.38. The molecule has 2 aliphatic rings. The summed E-state index contributed by atoms with van der Waals surface area (Å²) in [6.45, 7) is 2.79. The average Bonchev–Trinajstić information content (AvgIpc) is 2.24. The van der Waals surface area contributed by atoms with Crippen LogP contribution in [0.5, 0.6) is 0 Å². The van der Waals surface area contributed by atoms with Crippen molar-refractivity contribution in [1.29, 1.82) is 0 Å². The van der Waals surface area contributed by atoms with Crippen LogP contribution >= 0.6 is 0 Å². The molecule has 1 amide bonds. The predicted molar refractivity (Wildman–Crippen MR) is 62.6 cm³/mol. The van der Waals surface area contributed by atoms with Gasteiger partial charge in [-0.15, -0.1) is 0 Å². The maximum absolute atomic E-state index is 12.7. The van der Waals surface area contributed by atoms with Crippen molar-refractivity contribution >= 4 is 5.91 Å². The molecule has 0 aromatic rings. The van der Waals surface area contributed by atoms with Gasteiger partial charge in [0.1, 0.15) is 6.04 Å². The van der Waals surface area contributed by atoms with Crippen LogP contribution in [0.25, 0.3) is 0 Å². The van der Waals surface area contributed by atoms with Crippen LogP contribution in [0.1, 0.15) is 19.8 Å². The quantitative estimate of drug-likeness (QED) is 0.825. The van der Waals surface area contributed by atoms with Crippen LogP contribution in [0.3, 0.4) is 0 Å². The van der Waals surface area contributed by atoms with Crippen LogP contribution in [0, 0.1) is 5.41 Å². The highest BCUT2D eigenvalue weighted by Gasteiger charge is 2.46. The van der Waals surface area contributed by atoms with E-state index in [0.29, 0.717) is 19.6 Å². The van der Waals surface area contributed by atoms with Gasteiger partial charge in [-0.3, -0.25) is 9.69 Å². The SMILES string of the molecule is CN1C[C@H](NC(=O)C2(C)COC2)CC[C@@H]1C(F)(F)F. The molecule has 4 nitrogen and oxygen atoms in total. The van der Waals surface area contributed by atoms with Crippen LogP contribution in [0.2, 0.25) is 0 Å². The van der Waals surface area contributed by atoms with Crippen molar-refractivity contribution in [3.63, 3.8) is 0 Å². The molecule has 0 aromatic carbocycles. The number of nitrogens with zero attached hydrogens (tertiary/aromatic N) is 1. The topological polar surface area (TPSA) is 41.6 Å². The van der Waals surface area contributed by atoms with Gasteiger partial charge >= 0.3 is 6.18 Å². The van der Waals surface area contributed by atoms with Crippen LogP contribution in [-0.4, -0.2) is 55.9 Å². The molecular weight excluding hydrogens is 261 g/mol. The summed E-state index contributed by atoms with van der Waals surface area (Å²) < 4.78 is 43.1. The number of likely N-dealkylation sites (N-methyl/N-ethyl adjacent to an activating group) is 1. The van der Waals surface area contributed by atoms with Gasteiger partial charge in [0.15, 0.2) is 0 Å². The Kier molecular flexibility index (Phi) is 3.79. The van der Waals surface area contributed by atoms with Crippen LogP contribution in [-0.2, 0) is 9.53 Å². The highest BCUT2D eigenvalue weighted by Crippen LogP contribution is 2.32. The molecule has 2 atom stereocenters. The van der Waals surface area contributed by atoms with Gasteiger partial charge in [-0.05, 0) is 26.8 Å². The van der Waals surface area contributed by atoms with Crippen LogP contribution in [0.4, 0.5) is 13.2 Å². The van der Waals surface area contributed by atoms with E-state index in [1.807, 2.05) is 0 Å². The molecule has 19 heavy (non-hydrogen) atoms. The molecule has 7 heteroatoms. The molecule has 0 bridgehead atoms. The van der Waals surface area contributed by atoms with Crippen molar-refractivity contribution in [3.05, 3.63) is 0 Å². The first-order chi connectivity index (χ1) is 8.72. The molecule has 110 valence electrons. The fourth-order valence-electron chi connectivity index (χ4n) is 2.58. The van der Waals surface area contributed by atoms with Crippen molar-refractivity contribution in [3.8, 4) is 0 Å². The van der Waals surface area contributed by atoms with Crippen molar-refractivity contribution in [2.75, 3.05) is 26.8 Å². The molecule has 0 aliphatic carbocycles. The largest absolute Gasteiger partial charge is 0.404 e. The molecule has 0 aromatic heterocycles. The monoisotopic (exact) mass is 280 g/mol. The molecule has 2 heterocycles. The fraction of sp³-hybridized carbons (Fsp3) is 0.917. The predicted octanol–water partition coefficient (Wildman–Crippen LogP) is 1.16. The Bertz CT molecular complexity index is 355. The van der Waals surface area contributed by atoms with E-state index in [4.69, 9.17) is 4.74 Å². The summed E-state index contributed by atoms with van der Waals surface area (Å²) in [4.78, 5) is 13.2. The number of ether oxygens (including phenoxy) is 1. The number of carbonyl (C=O) groups excluding carboxylic acids is 1. The summed E-state index contributed by atoms with van der Waals surface area (Å²) in [7, 11) is 1.45. The summed E-state index contributed by atoms with van der Waals surface area (Å²) in [5.41, 5.74) is -0.514. The van der Waals surface area contributed by atoms with E-state index in [2.05, 4.69) is 5.32 Å². The summed E-state index contributed by atoms with van der Waals surface area (Å²) in [6.07, 6.45) is -3.81. The summed E-state index contributed by atoms with van der Waals surface area (Å²) in [6, 6.07) is -1.61. The van der Waals surface area contributed by atoms with Gasteiger partial charge in [0, 0.05) is 12.6 Å². The zero-order valence-electron chi connectivity index (χ0n) is 11.1. The van der Waals surface area contributed by atoms with Gasteiger partial charge in [0.05, 0.1) is 18.6 Å². The lowest BCUT2D eigenvalue weighted by molar-refractivity contribution is -0.189. The van der Waals surface area contributed by atoms with E-state index in [-0.39, 0.29) is 24.9 Å². The van der Waals surface area contributed by atoms with Gasteiger partial charge in [0.25, 0.3) is 0 Å². The number of rotatable bonds is 2. The number of hydrogen-bond donors (Lipinski definition) is 1. The summed E-state index contributed by atoms with van der Waals surface area (Å²) in [5, 5.41) is 2.84. The number of piperidine rings is 1. The third-order valence-corrected chi connectivity index (χ3v) is 3.93. The standard InChI is InChI=1S/C12H19F3N2O2/c1-11(6-19-7-11)10(18)16-8-3-4-9(12(13,14)15)17(2)5-8/h8-9H,3-7H2,1-2H3,(H,16,18)/t8-,9-/m1/s1. The van der Waals surface area contributed by atoms with Gasteiger partial charge in [-0.1, -0.05) is 0 Å². The van der Waals surface area contributed by atoms with Crippen molar-refractivity contribution in [2.24, 2.45) is 5.41 Å². The average molecular weight is 280 g/mol. The van der Waals surface area contributed by atoms with Crippen LogP contribution in [0.15, 0.2) is 0 Å². The molecule has 0 radical (unpaired) electrons. The Morgan fingerprint density at radius 1 is 1.37 bits per heavy atom. The molecule has 1 N–H and O–H groups in total. The lowest BCUT2D eigenvalue weighted by Crippen LogP contribution is -2.59. The van der Waals surface area contributed by atoms with Gasteiger partial charge in [-0.2, -0.15) is 13.2 Å². The van der Waals surface area contributed by atoms with E-state index in [0.717, 1.165) is 0 Å². The molecular formula is C12H19F3N2O2. The molecule has 0 spiro atoms. The molecule has 2 rings (SSSR count). The zero-order valence-corrected chi connectivity index (χ0v) is 11.1. The highest BCUT2D eigenvalue weighted by molar-refractivity contribution is 5.83. The number of likely N-dealkylation sites (tertiary alicyclic amines) is 1. The van der Waals surface area contributed by atoms with Gasteiger partial charge in [-0.25, -0.2) is 0 Å². The summed E-state index contributed by atoms with van der Waals surface area (Å²) in [5.74, 6) is -0.123. The van der Waals surface area contributed by atoms with Gasteiger partial charge in [0.2, 0.25) is 5.91 Å². The van der Waals surface area contributed by atoms with Crippen molar-refractivity contribution < 1.29 is 22.7 Å². The molecule has 2 fully saturated rings. The first-order valence-electron chi connectivity index (χ1n) is 6.38. The molecule has 0 saturated carbocycles. The Labute approximate surface area is 110 Å². The molecule has 2 aliphatic heterocycles. The molecule has 0 unspecified atom stereocenters. The second-order valence-electron chi connectivity index (χ2n) is 5.80. The van der Waals surface area contributed by atoms with Crippen molar-refractivity contribution in [2.45, 2.75) is 38.0 Å². The van der Waals surface area contributed by atoms with E-state index in [1.54, 1.807) is 6.92 Å². The summed E-state index contributed by atoms with van der Waals surface area (Å²) >= 11 is 0. The number of nitrogens with one attached hydrogen (secondary N) is 1. The minimum Gasteiger partial charge on any atom is -0.379 e. The number of carbonyl (C=O) groups is 1. The number of halogens is 3. The van der Waals surface area contributed by atoms with Crippen LogP contribution < -0.4 is 5.32 Å². The first kappa shape index (κ1) is 14.6. The lowest BCUT2D eigenvalue weighted by atomic mass is 9.86. The van der Waals surface area contributed by atoms with Crippen molar-refractivity contribution in [1.82, 2.24) is 10.2 Å². The maximum Gasteiger partial charge on any atom is 0.404 e. The zero-order chi connectivity index (χ0) is 14.3. The maximum atomic E-state index is 12.7. The smallest absolute Gasteiger partial charge is 0.379 e. The third kappa shape index (κ3) is 3.02. The van der Waals surface area contributed by atoms with E-state index in [1.165, 1.54) is 11.9 Å². The Morgan fingerprint density at radius 3 is 2.42 bits per heavy atom. The second kappa shape index (κ2) is 4.94. The minimum atomic E-state index is -4.20. The normalized spacial score (nSPS) is 31.6. The fourth-order valence-corrected chi connectivity index (χ4v) is 2.58. The Balaban J connectivity index is 1.87. The number of amides is 1. The van der Waals surface area contributed by atoms with E-state index >= 15 is 0 Å². The lowest BCUT2D eigenvalue weighted by Gasteiger charge is -2.41. The third-order valence-electron chi connectivity index (χ3n) is 3.93. The van der Waals surface area contributed by atoms with Gasteiger partial charge < -0.3 is 10.1 Å². The molecule has 2 saturated heterocycles. The highest BCUT2D eigenvalue weighted by atomic mass is 19.4. The van der Waals surface area contributed by atoms with E-state index < -0.39 is 17.6 Å². The number of alkyl halides is 3.